The molecule has 128 valence electrons. The van der Waals surface area contributed by atoms with Crippen molar-refractivity contribution in [3.8, 4) is 11.1 Å². The Balaban J connectivity index is 1.54. The largest absolute Gasteiger partial charge is 0.465 e. The van der Waals surface area contributed by atoms with Crippen molar-refractivity contribution >= 4 is 17.7 Å². The molecule has 5 heteroatoms. The van der Waals surface area contributed by atoms with Crippen LogP contribution in [0.25, 0.3) is 11.1 Å². The molecular weight excluding hydrogens is 316 g/mol. The molecule has 0 spiro atoms. The van der Waals surface area contributed by atoms with Gasteiger partial charge in [0.1, 0.15) is 0 Å². The summed E-state index contributed by atoms with van der Waals surface area (Å²) < 4.78 is 0. The Labute approximate surface area is 146 Å². The molecule has 2 aromatic rings. The molecule has 25 heavy (non-hydrogen) atoms. The molecule has 0 saturated carbocycles. The van der Waals surface area contributed by atoms with Crippen LogP contribution in [0.5, 0.6) is 0 Å². The molecule has 2 aliphatic rings. The van der Waals surface area contributed by atoms with Crippen molar-refractivity contribution in [1.82, 2.24) is 4.90 Å². The first-order valence-corrected chi connectivity index (χ1v) is 8.61. The second-order valence-corrected chi connectivity index (χ2v) is 6.66. The van der Waals surface area contributed by atoms with E-state index >= 15 is 0 Å². The third-order valence-electron chi connectivity index (χ3n) is 5.16. The maximum atomic E-state index is 12.8. The molecule has 1 fully saturated rings. The van der Waals surface area contributed by atoms with Crippen LogP contribution >= 0.6 is 0 Å². The normalized spacial score (nSPS) is 19.1. The van der Waals surface area contributed by atoms with Crippen molar-refractivity contribution in [1.29, 1.82) is 0 Å². The summed E-state index contributed by atoms with van der Waals surface area (Å²) in [5.41, 5.74) is 4.48. The van der Waals surface area contributed by atoms with Crippen LogP contribution in [0.4, 0.5) is 10.5 Å². The van der Waals surface area contributed by atoms with E-state index in [1.807, 2.05) is 29.2 Å². The lowest BCUT2D eigenvalue weighted by Gasteiger charge is -2.21. The van der Waals surface area contributed by atoms with E-state index in [9.17, 15) is 9.59 Å². The van der Waals surface area contributed by atoms with Gasteiger partial charge < -0.3 is 14.9 Å². The van der Waals surface area contributed by atoms with Gasteiger partial charge in [0.25, 0.3) is 0 Å². The Kier molecular flexibility index (Phi) is 3.92. The van der Waals surface area contributed by atoms with Crippen molar-refractivity contribution < 1.29 is 14.7 Å². The monoisotopic (exact) mass is 336 g/mol. The van der Waals surface area contributed by atoms with Gasteiger partial charge in [0, 0.05) is 25.3 Å². The number of nitrogens with zero attached hydrogens (tertiary/aromatic N) is 2. The number of amides is 2. The number of rotatable bonds is 2. The minimum atomic E-state index is -0.940. The number of carbonyl (C=O) groups is 2. The lowest BCUT2D eigenvalue weighted by molar-refractivity contribution is -0.121. The number of carbonyl (C=O) groups excluding carboxylic acids is 1. The Morgan fingerprint density at radius 1 is 1.00 bits per heavy atom. The van der Waals surface area contributed by atoms with Crippen LogP contribution in [0.15, 0.2) is 48.5 Å². The fourth-order valence-corrected chi connectivity index (χ4v) is 3.80. The molecule has 2 heterocycles. The number of hydrogen-bond acceptors (Lipinski definition) is 2. The zero-order valence-corrected chi connectivity index (χ0v) is 13.9. The molecule has 4 rings (SSSR count). The molecule has 1 atom stereocenters. The van der Waals surface area contributed by atoms with Crippen LogP contribution in [0, 0.1) is 5.92 Å². The second-order valence-electron chi connectivity index (χ2n) is 6.66. The lowest BCUT2D eigenvalue weighted by Crippen LogP contribution is -2.37. The fourth-order valence-electron chi connectivity index (χ4n) is 3.80. The second kappa shape index (κ2) is 6.24. The van der Waals surface area contributed by atoms with Crippen LogP contribution in [0.2, 0.25) is 0 Å². The topological polar surface area (TPSA) is 60.9 Å². The zero-order valence-electron chi connectivity index (χ0n) is 13.9. The van der Waals surface area contributed by atoms with Crippen LogP contribution in [-0.2, 0) is 11.2 Å². The van der Waals surface area contributed by atoms with E-state index in [1.54, 1.807) is 0 Å². The van der Waals surface area contributed by atoms with Gasteiger partial charge in [0.15, 0.2) is 0 Å². The molecular formula is C20H20N2O3. The molecule has 1 N–H and O–H groups in total. The summed E-state index contributed by atoms with van der Waals surface area (Å²) in [5.74, 6) is -0.175. The van der Waals surface area contributed by atoms with E-state index in [1.165, 1.54) is 16.0 Å². The Morgan fingerprint density at radius 2 is 1.80 bits per heavy atom. The first kappa shape index (κ1) is 15.7. The van der Waals surface area contributed by atoms with Gasteiger partial charge in [-0.3, -0.25) is 4.79 Å². The Morgan fingerprint density at radius 3 is 2.52 bits per heavy atom. The highest BCUT2D eigenvalue weighted by atomic mass is 16.4. The van der Waals surface area contributed by atoms with Crippen molar-refractivity contribution in [2.45, 2.75) is 12.8 Å². The highest BCUT2D eigenvalue weighted by Gasteiger charge is 2.36. The van der Waals surface area contributed by atoms with E-state index < -0.39 is 6.09 Å². The van der Waals surface area contributed by atoms with Gasteiger partial charge in [-0.2, -0.15) is 0 Å². The maximum Gasteiger partial charge on any atom is 0.407 e. The molecule has 0 aliphatic carbocycles. The molecule has 0 radical (unpaired) electrons. The van der Waals surface area contributed by atoms with Gasteiger partial charge >= 0.3 is 6.09 Å². The summed E-state index contributed by atoms with van der Waals surface area (Å²) >= 11 is 0. The van der Waals surface area contributed by atoms with Gasteiger partial charge in [0.2, 0.25) is 5.91 Å². The molecule has 0 bridgehead atoms. The van der Waals surface area contributed by atoms with E-state index in [-0.39, 0.29) is 11.8 Å². The van der Waals surface area contributed by atoms with Gasteiger partial charge in [-0.05, 0) is 41.7 Å². The van der Waals surface area contributed by atoms with Gasteiger partial charge in [-0.1, -0.05) is 36.4 Å². The molecule has 2 aromatic carbocycles. The number of fused-ring (bicyclic) bond motifs is 1. The van der Waals surface area contributed by atoms with Crippen molar-refractivity contribution in [3.05, 3.63) is 54.1 Å². The third-order valence-corrected chi connectivity index (χ3v) is 5.16. The van der Waals surface area contributed by atoms with Crippen LogP contribution < -0.4 is 4.90 Å². The first-order chi connectivity index (χ1) is 12.1. The predicted molar refractivity (Wildman–Crippen MR) is 95.6 cm³/mol. The summed E-state index contributed by atoms with van der Waals surface area (Å²) in [7, 11) is 0. The summed E-state index contributed by atoms with van der Waals surface area (Å²) in [6.07, 6.45) is 0.514. The van der Waals surface area contributed by atoms with Crippen molar-refractivity contribution in [2.75, 3.05) is 24.5 Å². The number of carboxylic acid groups (broad SMARTS) is 1. The SMILES string of the molecule is O=C(O)N1CC[C@H](C(=O)N2CCc3cc(-c4ccccc4)ccc32)C1. The number of likely N-dealkylation sites (tertiary alicyclic amines) is 1. The standard InChI is InChI=1S/C20H20N2O3/c23-19(17-8-10-21(13-17)20(24)25)22-11-9-16-12-15(6-7-18(16)22)14-4-2-1-3-5-14/h1-7,12,17H,8-11,13H2,(H,24,25)/t17-/m0/s1. The average Bonchev–Trinajstić information content (AvgIpc) is 3.29. The molecule has 2 amide bonds. The Hall–Kier alpha value is -2.82. The maximum absolute atomic E-state index is 12.8. The van der Waals surface area contributed by atoms with Gasteiger partial charge in [0.05, 0.1) is 5.92 Å². The van der Waals surface area contributed by atoms with Gasteiger partial charge in [-0.15, -0.1) is 0 Å². The van der Waals surface area contributed by atoms with Gasteiger partial charge in [-0.25, -0.2) is 4.79 Å². The molecule has 2 aliphatic heterocycles. The minimum Gasteiger partial charge on any atom is -0.465 e. The van der Waals surface area contributed by atoms with Crippen LogP contribution in [0.3, 0.4) is 0 Å². The molecule has 0 unspecified atom stereocenters. The van der Waals surface area contributed by atoms with E-state index in [4.69, 9.17) is 5.11 Å². The van der Waals surface area contributed by atoms with Crippen LogP contribution in [0.1, 0.15) is 12.0 Å². The quantitative estimate of drug-likeness (QED) is 0.916. The van der Waals surface area contributed by atoms with Crippen LogP contribution in [-0.4, -0.2) is 41.6 Å². The van der Waals surface area contributed by atoms with E-state index in [0.29, 0.717) is 26.1 Å². The first-order valence-electron chi connectivity index (χ1n) is 8.61. The third kappa shape index (κ3) is 2.86. The van der Waals surface area contributed by atoms with E-state index in [0.717, 1.165) is 17.7 Å². The molecule has 1 saturated heterocycles. The fraction of sp³-hybridized carbons (Fsp3) is 0.300. The summed E-state index contributed by atoms with van der Waals surface area (Å²) in [5, 5.41) is 9.08. The Bertz CT molecular complexity index is 819. The molecule has 0 aromatic heterocycles. The predicted octanol–water partition coefficient (Wildman–Crippen LogP) is 3.24. The summed E-state index contributed by atoms with van der Waals surface area (Å²) in [6.45, 7) is 1.43. The molecule has 5 nitrogen and oxygen atoms in total. The van der Waals surface area contributed by atoms with Crippen molar-refractivity contribution in [3.63, 3.8) is 0 Å². The zero-order chi connectivity index (χ0) is 17.4. The number of anilines is 1. The van der Waals surface area contributed by atoms with E-state index in [2.05, 4.69) is 24.3 Å². The highest BCUT2D eigenvalue weighted by molar-refractivity contribution is 5.98. The number of hydrogen-bond donors (Lipinski definition) is 1. The van der Waals surface area contributed by atoms with Crippen molar-refractivity contribution in [2.24, 2.45) is 5.92 Å². The summed E-state index contributed by atoms with van der Waals surface area (Å²) in [6, 6.07) is 16.4. The average molecular weight is 336 g/mol. The highest BCUT2D eigenvalue weighted by Crippen LogP contribution is 2.34. The minimum absolute atomic E-state index is 0.0509. The smallest absolute Gasteiger partial charge is 0.407 e. The number of benzene rings is 2. The summed E-state index contributed by atoms with van der Waals surface area (Å²) in [4.78, 5) is 27.1. The lowest BCUT2D eigenvalue weighted by atomic mass is 10.0.